The summed E-state index contributed by atoms with van der Waals surface area (Å²) < 4.78 is 2.54. The highest BCUT2D eigenvalue weighted by atomic mass is 32.1. The molecule has 3 heterocycles. The molecule has 156 valence electrons. The zero-order valence-electron chi connectivity index (χ0n) is 18.3. The number of benzene rings is 1. The SMILES string of the molecule is C=CNC(=C)c1c(N(C)C)c2n(c1-c1ccccc1)[C@H](C)CCC2c1nc(C)cs1. The molecule has 0 spiro atoms. The van der Waals surface area contributed by atoms with Gasteiger partial charge in [-0.2, -0.15) is 0 Å². The molecule has 4 nitrogen and oxygen atoms in total. The monoisotopic (exact) mass is 418 g/mol. The molecule has 1 aliphatic rings. The van der Waals surface area contributed by atoms with Gasteiger partial charge in [0.25, 0.3) is 0 Å². The standard InChI is InChI=1S/C25H30N4S/c1-7-26-18(4)21-22(19-11-9-8-10-12-19)29-17(3)13-14-20(23(29)24(21)28(5)6)25-27-16(2)15-30-25/h7-12,15,17,20,26H,1,4,13-14H2,2-3,5-6H3/t17-,20?/m1/s1. The number of nitrogens with one attached hydrogen (secondary N) is 1. The Kier molecular flexibility index (Phi) is 5.56. The van der Waals surface area contributed by atoms with Gasteiger partial charge in [0.1, 0.15) is 5.01 Å². The Hall–Kier alpha value is -2.79. The van der Waals surface area contributed by atoms with Gasteiger partial charge in [-0.3, -0.25) is 0 Å². The highest BCUT2D eigenvalue weighted by molar-refractivity contribution is 7.09. The van der Waals surface area contributed by atoms with Crippen LogP contribution < -0.4 is 10.2 Å². The fourth-order valence-corrected chi connectivity index (χ4v) is 5.58. The van der Waals surface area contributed by atoms with Crippen molar-refractivity contribution in [1.82, 2.24) is 14.9 Å². The maximum absolute atomic E-state index is 4.88. The highest BCUT2D eigenvalue weighted by Gasteiger charge is 2.37. The fourth-order valence-electron chi connectivity index (χ4n) is 4.65. The first-order valence-electron chi connectivity index (χ1n) is 10.4. The van der Waals surface area contributed by atoms with E-state index in [9.17, 15) is 0 Å². The predicted molar refractivity (Wildman–Crippen MR) is 129 cm³/mol. The van der Waals surface area contributed by atoms with Gasteiger partial charge in [0, 0.05) is 42.5 Å². The molecule has 0 aliphatic carbocycles. The fraction of sp³-hybridized carbons (Fsp3) is 0.320. The molecule has 1 aliphatic heterocycles. The van der Waals surface area contributed by atoms with Gasteiger partial charge in [0.05, 0.1) is 23.0 Å². The molecule has 0 radical (unpaired) electrons. The maximum Gasteiger partial charge on any atom is 0.102 e. The molecule has 0 amide bonds. The zero-order chi connectivity index (χ0) is 21.4. The Balaban J connectivity index is 2.08. The van der Waals surface area contributed by atoms with Crippen LogP contribution in [0.5, 0.6) is 0 Å². The zero-order valence-corrected chi connectivity index (χ0v) is 19.1. The Morgan fingerprint density at radius 2 is 2.00 bits per heavy atom. The summed E-state index contributed by atoms with van der Waals surface area (Å²) in [5, 5.41) is 6.63. The van der Waals surface area contributed by atoms with Crippen molar-refractivity contribution in [2.24, 2.45) is 0 Å². The summed E-state index contributed by atoms with van der Waals surface area (Å²) in [7, 11) is 4.25. The second-order valence-electron chi connectivity index (χ2n) is 8.22. The second-order valence-corrected chi connectivity index (χ2v) is 9.11. The van der Waals surface area contributed by atoms with Crippen molar-refractivity contribution in [3.8, 4) is 11.3 Å². The summed E-state index contributed by atoms with van der Waals surface area (Å²) in [6, 6.07) is 11.1. The molecule has 3 aromatic rings. The number of aryl methyl sites for hydroxylation is 1. The van der Waals surface area contributed by atoms with Crippen molar-refractivity contribution in [1.29, 1.82) is 0 Å². The van der Waals surface area contributed by atoms with Gasteiger partial charge in [0.2, 0.25) is 0 Å². The first kappa shape index (κ1) is 20.5. The molecular weight excluding hydrogens is 388 g/mol. The predicted octanol–water partition coefficient (Wildman–Crippen LogP) is 6.18. The lowest BCUT2D eigenvalue weighted by molar-refractivity contribution is 0.409. The van der Waals surface area contributed by atoms with E-state index in [2.05, 4.69) is 91.6 Å². The van der Waals surface area contributed by atoms with Crippen LogP contribution >= 0.6 is 11.3 Å². The summed E-state index contributed by atoms with van der Waals surface area (Å²) >= 11 is 1.77. The maximum atomic E-state index is 4.88. The molecule has 1 N–H and O–H groups in total. The summed E-state index contributed by atoms with van der Waals surface area (Å²) in [6.45, 7) is 12.6. The minimum absolute atomic E-state index is 0.282. The summed E-state index contributed by atoms with van der Waals surface area (Å²) in [4.78, 5) is 7.12. The highest BCUT2D eigenvalue weighted by Crippen LogP contribution is 2.51. The van der Waals surface area contributed by atoms with E-state index >= 15 is 0 Å². The van der Waals surface area contributed by atoms with E-state index in [1.54, 1.807) is 17.5 Å². The first-order valence-corrected chi connectivity index (χ1v) is 11.3. The molecule has 30 heavy (non-hydrogen) atoms. The van der Waals surface area contributed by atoms with Crippen LogP contribution in [-0.2, 0) is 0 Å². The number of nitrogens with zero attached hydrogens (tertiary/aromatic N) is 3. The van der Waals surface area contributed by atoms with Crippen LogP contribution in [0.25, 0.3) is 17.0 Å². The third kappa shape index (κ3) is 3.37. The van der Waals surface area contributed by atoms with Crippen LogP contribution in [0.4, 0.5) is 5.69 Å². The summed E-state index contributed by atoms with van der Waals surface area (Å²) in [5.74, 6) is 0.282. The lowest BCUT2D eigenvalue weighted by Gasteiger charge is -2.32. The lowest BCUT2D eigenvalue weighted by Crippen LogP contribution is -2.23. The number of hydrogen-bond donors (Lipinski definition) is 1. The first-order chi connectivity index (χ1) is 14.4. The van der Waals surface area contributed by atoms with E-state index in [1.165, 1.54) is 27.6 Å². The van der Waals surface area contributed by atoms with Crippen molar-refractivity contribution in [2.45, 2.75) is 38.6 Å². The van der Waals surface area contributed by atoms with E-state index in [0.29, 0.717) is 6.04 Å². The van der Waals surface area contributed by atoms with Crippen molar-refractivity contribution < 1.29 is 0 Å². The molecule has 1 unspecified atom stereocenters. The topological polar surface area (TPSA) is 33.1 Å². The van der Waals surface area contributed by atoms with E-state index in [4.69, 9.17) is 4.98 Å². The van der Waals surface area contributed by atoms with Crippen LogP contribution in [-0.4, -0.2) is 23.6 Å². The van der Waals surface area contributed by atoms with E-state index in [0.717, 1.165) is 29.8 Å². The number of aromatic nitrogens is 2. The van der Waals surface area contributed by atoms with Crippen LogP contribution in [0.1, 0.15) is 53.7 Å². The van der Waals surface area contributed by atoms with Gasteiger partial charge in [0.15, 0.2) is 0 Å². The molecule has 2 atom stereocenters. The molecule has 1 aromatic carbocycles. The number of hydrogen-bond acceptors (Lipinski definition) is 4. The normalized spacial score (nSPS) is 18.0. The number of rotatable bonds is 6. The van der Waals surface area contributed by atoms with Crippen LogP contribution in [0.3, 0.4) is 0 Å². The molecule has 0 saturated heterocycles. The van der Waals surface area contributed by atoms with Gasteiger partial charge >= 0.3 is 0 Å². The minimum atomic E-state index is 0.282. The van der Waals surface area contributed by atoms with Gasteiger partial charge in [-0.15, -0.1) is 11.3 Å². The molecule has 0 saturated carbocycles. The summed E-state index contributed by atoms with van der Waals surface area (Å²) in [6.07, 6.45) is 3.94. The van der Waals surface area contributed by atoms with Crippen molar-refractivity contribution >= 4 is 22.7 Å². The van der Waals surface area contributed by atoms with Gasteiger partial charge in [-0.25, -0.2) is 4.98 Å². The molecule has 2 aromatic heterocycles. The Morgan fingerprint density at radius 3 is 2.60 bits per heavy atom. The average molecular weight is 419 g/mol. The van der Waals surface area contributed by atoms with Gasteiger partial charge < -0.3 is 14.8 Å². The third-order valence-corrected chi connectivity index (χ3v) is 6.94. The smallest absolute Gasteiger partial charge is 0.102 e. The average Bonchev–Trinajstić information content (AvgIpc) is 3.31. The summed E-state index contributed by atoms with van der Waals surface area (Å²) in [5.41, 5.74) is 8.10. The van der Waals surface area contributed by atoms with Crippen LogP contribution in [0.2, 0.25) is 0 Å². The molecule has 0 fully saturated rings. The number of fused-ring (bicyclic) bond motifs is 1. The Bertz CT molecular complexity index is 1070. The minimum Gasteiger partial charge on any atom is -0.376 e. The van der Waals surface area contributed by atoms with Gasteiger partial charge in [-0.05, 0) is 38.5 Å². The quantitative estimate of drug-likeness (QED) is 0.519. The second kappa shape index (κ2) is 8.15. The van der Waals surface area contributed by atoms with Crippen molar-refractivity contribution in [2.75, 3.05) is 19.0 Å². The van der Waals surface area contributed by atoms with Crippen LogP contribution in [0, 0.1) is 6.92 Å². The largest absolute Gasteiger partial charge is 0.376 e. The van der Waals surface area contributed by atoms with Crippen molar-refractivity contribution in [3.63, 3.8) is 0 Å². The molecule has 5 heteroatoms. The number of thiazole rings is 1. The van der Waals surface area contributed by atoms with Crippen LogP contribution in [0.15, 0.2) is 55.1 Å². The Labute approximate surface area is 183 Å². The molecular formula is C25H30N4S. The third-order valence-electron chi connectivity index (χ3n) is 5.87. The van der Waals surface area contributed by atoms with E-state index in [-0.39, 0.29) is 5.92 Å². The van der Waals surface area contributed by atoms with E-state index < -0.39 is 0 Å². The van der Waals surface area contributed by atoms with E-state index in [1.807, 2.05) is 0 Å². The molecule has 0 bridgehead atoms. The van der Waals surface area contributed by atoms with Crippen molar-refractivity contribution in [3.05, 3.63) is 77.0 Å². The molecule has 4 rings (SSSR count). The van der Waals surface area contributed by atoms with Gasteiger partial charge in [-0.1, -0.05) is 43.5 Å². The Morgan fingerprint density at radius 1 is 1.27 bits per heavy atom. The lowest BCUT2D eigenvalue weighted by atomic mass is 9.91. The number of anilines is 1.